The molecule has 0 spiro atoms. The Labute approximate surface area is 85.8 Å². The first-order valence-electron chi connectivity index (χ1n) is 4.34. The number of hydrogen-bond acceptors (Lipinski definition) is 3. The van der Waals surface area contributed by atoms with Gasteiger partial charge in [0.1, 0.15) is 11.3 Å². The van der Waals surface area contributed by atoms with Crippen LogP contribution in [0.25, 0.3) is 11.5 Å². The van der Waals surface area contributed by atoms with E-state index in [1.54, 1.807) is 31.1 Å². The third kappa shape index (κ3) is 1.39. The Kier molecular flexibility index (Phi) is 2.03. The SMILES string of the molecule is Cn1ccnc1-c1c(C(=O)O)cnn1C. The molecule has 0 amide bonds. The molecule has 0 bridgehead atoms. The molecule has 0 aliphatic heterocycles. The van der Waals surface area contributed by atoms with Crippen molar-refractivity contribution < 1.29 is 9.90 Å². The Balaban J connectivity index is 2.66. The van der Waals surface area contributed by atoms with E-state index in [-0.39, 0.29) is 5.56 Å². The van der Waals surface area contributed by atoms with Crippen LogP contribution in [0.3, 0.4) is 0 Å². The standard InChI is InChI=1S/C9H10N4O2/c1-12-4-3-10-8(12)7-6(9(14)15)5-11-13(7)2/h3-5H,1-2H3,(H,14,15). The summed E-state index contributed by atoms with van der Waals surface area (Å²) in [5, 5.41) is 12.9. The van der Waals surface area contributed by atoms with E-state index in [1.807, 2.05) is 0 Å². The summed E-state index contributed by atoms with van der Waals surface area (Å²) in [6.45, 7) is 0. The first-order valence-corrected chi connectivity index (χ1v) is 4.34. The highest BCUT2D eigenvalue weighted by atomic mass is 16.4. The van der Waals surface area contributed by atoms with Gasteiger partial charge in [-0.25, -0.2) is 9.78 Å². The minimum atomic E-state index is -0.999. The summed E-state index contributed by atoms with van der Waals surface area (Å²) >= 11 is 0. The molecule has 1 N–H and O–H groups in total. The molecule has 2 aromatic rings. The summed E-state index contributed by atoms with van der Waals surface area (Å²) in [5.74, 6) is -0.409. The molecule has 0 aliphatic rings. The molecular weight excluding hydrogens is 196 g/mol. The van der Waals surface area contributed by atoms with Crippen LogP contribution in [0.2, 0.25) is 0 Å². The second kappa shape index (κ2) is 3.23. The van der Waals surface area contributed by atoms with Gasteiger partial charge in [-0.3, -0.25) is 4.68 Å². The summed E-state index contributed by atoms with van der Waals surface area (Å²) in [6, 6.07) is 0. The van der Waals surface area contributed by atoms with Crippen LogP contribution in [0.15, 0.2) is 18.6 Å². The van der Waals surface area contributed by atoms with Crippen molar-refractivity contribution in [1.82, 2.24) is 19.3 Å². The predicted octanol–water partition coefficient (Wildman–Crippen LogP) is 0.519. The van der Waals surface area contributed by atoms with Crippen molar-refractivity contribution >= 4 is 5.97 Å². The molecule has 0 unspecified atom stereocenters. The Morgan fingerprint density at radius 3 is 2.73 bits per heavy atom. The van der Waals surface area contributed by atoms with E-state index in [2.05, 4.69) is 10.1 Å². The smallest absolute Gasteiger partial charge is 0.339 e. The van der Waals surface area contributed by atoms with E-state index in [4.69, 9.17) is 5.11 Å². The monoisotopic (exact) mass is 206 g/mol. The summed E-state index contributed by atoms with van der Waals surface area (Å²) in [5.41, 5.74) is 0.668. The fourth-order valence-electron chi connectivity index (χ4n) is 1.45. The van der Waals surface area contributed by atoms with Crippen molar-refractivity contribution in [3.8, 4) is 11.5 Å². The second-order valence-electron chi connectivity index (χ2n) is 3.20. The quantitative estimate of drug-likeness (QED) is 0.777. The van der Waals surface area contributed by atoms with E-state index in [1.165, 1.54) is 10.9 Å². The summed E-state index contributed by atoms with van der Waals surface area (Å²) < 4.78 is 3.26. The Morgan fingerprint density at radius 2 is 2.20 bits per heavy atom. The van der Waals surface area contributed by atoms with Crippen LogP contribution in [0, 0.1) is 0 Å². The minimum absolute atomic E-state index is 0.159. The molecule has 78 valence electrons. The fourth-order valence-corrected chi connectivity index (χ4v) is 1.45. The number of aromatic nitrogens is 4. The zero-order valence-electron chi connectivity index (χ0n) is 8.38. The average molecular weight is 206 g/mol. The number of aryl methyl sites for hydroxylation is 2. The molecule has 2 heterocycles. The molecule has 0 radical (unpaired) electrons. The van der Waals surface area contributed by atoms with Gasteiger partial charge in [0, 0.05) is 26.5 Å². The highest BCUT2D eigenvalue weighted by molar-refractivity contribution is 5.93. The van der Waals surface area contributed by atoms with Crippen LogP contribution in [-0.4, -0.2) is 30.4 Å². The van der Waals surface area contributed by atoms with Crippen molar-refractivity contribution in [2.24, 2.45) is 14.1 Å². The van der Waals surface area contributed by atoms with E-state index in [0.717, 1.165) is 0 Å². The largest absolute Gasteiger partial charge is 0.478 e. The Morgan fingerprint density at radius 1 is 1.47 bits per heavy atom. The molecule has 0 aliphatic carbocycles. The van der Waals surface area contributed by atoms with E-state index < -0.39 is 5.97 Å². The molecule has 0 fully saturated rings. The molecule has 0 aromatic carbocycles. The first-order chi connectivity index (χ1) is 7.11. The zero-order chi connectivity index (χ0) is 11.0. The Hall–Kier alpha value is -2.11. The lowest BCUT2D eigenvalue weighted by Gasteiger charge is -2.03. The number of carboxylic acids is 1. The highest BCUT2D eigenvalue weighted by Crippen LogP contribution is 2.20. The maximum Gasteiger partial charge on any atom is 0.339 e. The average Bonchev–Trinajstić information content (AvgIpc) is 2.71. The highest BCUT2D eigenvalue weighted by Gasteiger charge is 2.19. The Bertz CT molecular complexity index is 512. The van der Waals surface area contributed by atoms with Gasteiger partial charge < -0.3 is 9.67 Å². The zero-order valence-corrected chi connectivity index (χ0v) is 8.38. The second-order valence-corrected chi connectivity index (χ2v) is 3.20. The van der Waals surface area contributed by atoms with Gasteiger partial charge in [-0.2, -0.15) is 5.10 Å². The van der Waals surface area contributed by atoms with Crippen LogP contribution in [0.1, 0.15) is 10.4 Å². The van der Waals surface area contributed by atoms with Crippen molar-refractivity contribution in [2.75, 3.05) is 0 Å². The molecule has 6 nitrogen and oxygen atoms in total. The number of imidazole rings is 1. The van der Waals surface area contributed by atoms with Crippen LogP contribution in [0.5, 0.6) is 0 Å². The van der Waals surface area contributed by atoms with Crippen molar-refractivity contribution in [3.05, 3.63) is 24.2 Å². The van der Waals surface area contributed by atoms with Crippen LogP contribution in [-0.2, 0) is 14.1 Å². The van der Waals surface area contributed by atoms with Gasteiger partial charge in [-0.05, 0) is 0 Å². The topological polar surface area (TPSA) is 72.9 Å². The van der Waals surface area contributed by atoms with Gasteiger partial charge >= 0.3 is 5.97 Å². The van der Waals surface area contributed by atoms with Gasteiger partial charge in [-0.15, -0.1) is 0 Å². The van der Waals surface area contributed by atoms with E-state index in [9.17, 15) is 4.79 Å². The number of carboxylic acid groups (broad SMARTS) is 1. The van der Waals surface area contributed by atoms with Gasteiger partial charge in [0.2, 0.25) is 0 Å². The van der Waals surface area contributed by atoms with Crippen LogP contribution < -0.4 is 0 Å². The lowest BCUT2D eigenvalue weighted by Crippen LogP contribution is -2.04. The number of nitrogens with zero attached hydrogens (tertiary/aromatic N) is 4. The molecule has 0 atom stereocenters. The number of rotatable bonds is 2. The van der Waals surface area contributed by atoms with Gasteiger partial charge in [0.15, 0.2) is 5.82 Å². The molecular formula is C9H10N4O2. The lowest BCUT2D eigenvalue weighted by molar-refractivity contribution is 0.0697. The molecule has 2 rings (SSSR count). The number of carbonyl (C=O) groups is 1. The molecule has 6 heteroatoms. The fraction of sp³-hybridized carbons (Fsp3) is 0.222. The maximum atomic E-state index is 11.0. The number of aromatic carboxylic acids is 1. The van der Waals surface area contributed by atoms with Gasteiger partial charge in [-0.1, -0.05) is 0 Å². The third-order valence-electron chi connectivity index (χ3n) is 2.20. The maximum absolute atomic E-state index is 11.0. The third-order valence-corrected chi connectivity index (χ3v) is 2.20. The minimum Gasteiger partial charge on any atom is -0.478 e. The molecule has 15 heavy (non-hydrogen) atoms. The summed E-state index contributed by atoms with van der Waals surface area (Å²) in [7, 11) is 3.50. The predicted molar refractivity (Wildman–Crippen MR) is 52.4 cm³/mol. The summed E-state index contributed by atoms with van der Waals surface area (Å²) in [6.07, 6.45) is 4.70. The normalized spacial score (nSPS) is 10.5. The lowest BCUT2D eigenvalue weighted by atomic mass is 10.2. The van der Waals surface area contributed by atoms with E-state index >= 15 is 0 Å². The van der Waals surface area contributed by atoms with Crippen molar-refractivity contribution in [2.45, 2.75) is 0 Å². The molecule has 0 saturated heterocycles. The van der Waals surface area contributed by atoms with Crippen molar-refractivity contribution in [3.63, 3.8) is 0 Å². The number of hydrogen-bond donors (Lipinski definition) is 1. The van der Waals surface area contributed by atoms with Crippen molar-refractivity contribution in [1.29, 1.82) is 0 Å². The van der Waals surface area contributed by atoms with Crippen LogP contribution in [0.4, 0.5) is 0 Å². The van der Waals surface area contributed by atoms with Gasteiger partial charge in [0.05, 0.1) is 6.20 Å². The van der Waals surface area contributed by atoms with Crippen LogP contribution >= 0.6 is 0 Å². The van der Waals surface area contributed by atoms with Gasteiger partial charge in [0.25, 0.3) is 0 Å². The summed E-state index contributed by atoms with van der Waals surface area (Å²) in [4.78, 5) is 15.1. The van der Waals surface area contributed by atoms with E-state index in [0.29, 0.717) is 11.5 Å². The first kappa shape index (κ1) is 9.45. The molecule has 0 saturated carbocycles. The molecule has 2 aromatic heterocycles.